The Labute approximate surface area is 139 Å². The summed E-state index contributed by atoms with van der Waals surface area (Å²) < 4.78 is 5.22. The first kappa shape index (κ1) is 17.3. The number of hydrogen-bond acceptors (Lipinski definition) is 2. The third-order valence-electron chi connectivity index (χ3n) is 3.90. The molecule has 2 heteroatoms. The lowest BCUT2D eigenvalue weighted by molar-refractivity contribution is -0.147. The summed E-state index contributed by atoms with van der Waals surface area (Å²) in [5.41, 5.74) is 2.68. The van der Waals surface area contributed by atoms with Crippen molar-refractivity contribution in [2.24, 2.45) is 0 Å². The van der Waals surface area contributed by atoms with Gasteiger partial charge in [0.25, 0.3) is 0 Å². The minimum atomic E-state index is -0.0912. The third kappa shape index (κ3) is 6.27. The molecule has 0 heterocycles. The van der Waals surface area contributed by atoms with E-state index in [1.54, 1.807) is 0 Å². The molecule has 122 valence electrons. The Morgan fingerprint density at radius 2 is 1.57 bits per heavy atom. The van der Waals surface area contributed by atoms with Gasteiger partial charge < -0.3 is 4.74 Å². The van der Waals surface area contributed by atoms with E-state index in [1.165, 1.54) is 11.1 Å². The molecule has 2 aromatic rings. The molecule has 1 atom stereocenters. The van der Waals surface area contributed by atoms with E-state index in [1.807, 2.05) is 26.0 Å². The van der Waals surface area contributed by atoms with Gasteiger partial charge in [0.15, 0.2) is 0 Å². The maximum Gasteiger partial charge on any atom is 0.306 e. The van der Waals surface area contributed by atoms with Gasteiger partial charge >= 0.3 is 5.97 Å². The molecule has 0 spiro atoms. The molecular formula is C21H26O2. The number of carbonyl (C=O) groups is 1. The Balaban J connectivity index is 1.96. The molecule has 0 saturated carbocycles. The normalized spacial score (nSPS) is 12.1. The van der Waals surface area contributed by atoms with Crippen LogP contribution in [0.25, 0.3) is 0 Å². The van der Waals surface area contributed by atoms with Crippen molar-refractivity contribution < 1.29 is 9.53 Å². The second kappa shape index (κ2) is 9.14. The van der Waals surface area contributed by atoms with Crippen LogP contribution in [0, 0.1) is 0 Å². The molecule has 0 N–H and O–H groups in total. The SMILES string of the molecule is CC(C)OC(=O)CCCC(Cc1ccccc1)c1ccccc1. The van der Waals surface area contributed by atoms with Crippen LogP contribution < -0.4 is 0 Å². The van der Waals surface area contributed by atoms with Gasteiger partial charge in [-0.15, -0.1) is 0 Å². The largest absolute Gasteiger partial charge is 0.463 e. The Hall–Kier alpha value is -2.09. The maximum absolute atomic E-state index is 11.7. The molecule has 2 aromatic carbocycles. The number of benzene rings is 2. The van der Waals surface area contributed by atoms with E-state index in [0.29, 0.717) is 12.3 Å². The quantitative estimate of drug-likeness (QED) is 0.631. The van der Waals surface area contributed by atoms with Crippen molar-refractivity contribution in [3.63, 3.8) is 0 Å². The summed E-state index contributed by atoms with van der Waals surface area (Å²) >= 11 is 0. The van der Waals surface area contributed by atoms with Gasteiger partial charge in [0.1, 0.15) is 0 Å². The molecule has 2 nitrogen and oxygen atoms in total. The third-order valence-corrected chi connectivity index (χ3v) is 3.90. The molecule has 0 aliphatic carbocycles. The smallest absolute Gasteiger partial charge is 0.306 e. The van der Waals surface area contributed by atoms with Crippen LogP contribution in [-0.2, 0) is 16.0 Å². The zero-order valence-electron chi connectivity index (χ0n) is 14.1. The number of carbonyl (C=O) groups excluding carboxylic acids is 1. The van der Waals surface area contributed by atoms with Gasteiger partial charge in [0, 0.05) is 6.42 Å². The zero-order valence-corrected chi connectivity index (χ0v) is 14.1. The van der Waals surface area contributed by atoms with Crippen LogP contribution in [0.3, 0.4) is 0 Å². The fraction of sp³-hybridized carbons (Fsp3) is 0.381. The molecule has 23 heavy (non-hydrogen) atoms. The minimum Gasteiger partial charge on any atom is -0.463 e. The second-order valence-electron chi connectivity index (χ2n) is 6.23. The van der Waals surface area contributed by atoms with Gasteiger partial charge in [-0.3, -0.25) is 4.79 Å². The molecule has 0 aromatic heterocycles. The number of esters is 1. The van der Waals surface area contributed by atoms with E-state index < -0.39 is 0 Å². The molecule has 2 rings (SSSR count). The lowest BCUT2D eigenvalue weighted by Gasteiger charge is -2.18. The van der Waals surface area contributed by atoms with Crippen molar-refractivity contribution in [1.29, 1.82) is 0 Å². The first-order chi connectivity index (χ1) is 11.1. The summed E-state index contributed by atoms with van der Waals surface area (Å²) in [6.45, 7) is 3.78. The maximum atomic E-state index is 11.7. The number of rotatable bonds is 8. The van der Waals surface area contributed by atoms with E-state index in [9.17, 15) is 4.79 Å². The Bertz CT molecular complexity index is 575. The van der Waals surface area contributed by atoms with Gasteiger partial charge in [-0.05, 0) is 50.2 Å². The predicted octanol–water partition coefficient (Wildman–Crippen LogP) is 5.13. The van der Waals surface area contributed by atoms with Crippen molar-refractivity contribution >= 4 is 5.97 Å². The predicted molar refractivity (Wildman–Crippen MR) is 94.4 cm³/mol. The van der Waals surface area contributed by atoms with Crippen molar-refractivity contribution in [1.82, 2.24) is 0 Å². The van der Waals surface area contributed by atoms with Crippen LogP contribution in [0.1, 0.15) is 50.2 Å². The van der Waals surface area contributed by atoms with Crippen LogP contribution in [0.15, 0.2) is 60.7 Å². The summed E-state index contributed by atoms with van der Waals surface area (Å²) in [7, 11) is 0. The highest BCUT2D eigenvalue weighted by atomic mass is 16.5. The zero-order chi connectivity index (χ0) is 16.5. The lowest BCUT2D eigenvalue weighted by atomic mass is 9.88. The van der Waals surface area contributed by atoms with Gasteiger partial charge in [-0.25, -0.2) is 0 Å². The molecule has 0 aliphatic rings. The molecule has 1 unspecified atom stereocenters. The molecular weight excluding hydrogens is 284 g/mol. The van der Waals surface area contributed by atoms with Crippen molar-refractivity contribution in [2.45, 2.75) is 51.6 Å². The topological polar surface area (TPSA) is 26.3 Å². The van der Waals surface area contributed by atoms with E-state index in [2.05, 4.69) is 48.5 Å². The fourth-order valence-corrected chi connectivity index (χ4v) is 2.83. The fourth-order valence-electron chi connectivity index (χ4n) is 2.83. The molecule has 0 radical (unpaired) electrons. The summed E-state index contributed by atoms with van der Waals surface area (Å²) in [5, 5.41) is 0. The van der Waals surface area contributed by atoms with Crippen LogP contribution in [0.4, 0.5) is 0 Å². The van der Waals surface area contributed by atoms with E-state index in [-0.39, 0.29) is 12.1 Å². The van der Waals surface area contributed by atoms with E-state index >= 15 is 0 Å². The van der Waals surface area contributed by atoms with Crippen LogP contribution >= 0.6 is 0 Å². The highest BCUT2D eigenvalue weighted by molar-refractivity contribution is 5.69. The number of ether oxygens (including phenoxy) is 1. The summed E-state index contributed by atoms with van der Waals surface area (Å²) in [6, 6.07) is 21.1. The van der Waals surface area contributed by atoms with E-state index in [4.69, 9.17) is 4.74 Å². The second-order valence-corrected chi connectivity index (χ2v) is 6.23. The Morgan fingerprint density at radius 3 is 2.17 bits per heavy atom. The summed E-state index contributed by atoms with van der Waals surface area (Å²) in [6.07, 6.45) is 3.32. The molecule has 0 amide bonds. The van der Waals surface area contributed by atoms with Crippen LogP contribution in [0.5, 0.6) is 0 Å². The minimum absolute atomic E-state index is 0.0308. The number of hydrogen-bond donors (Lipinski definition) is 0. The molecule has 0 bridgehead atoms. The van der Waals surface area contributed by atoms with E-state index in [0.717, 1.165) is 19.3 Å². The average molecular weight is 310 g/mol. The van der Waals surface area contributed by atoms with Gasteiger partial charge in [0.2, 0.25) is 0 Å². The molecule has 0 aliphatic heterocycles. The highest BCUT2D eigenvalue weighted by Crippen LogP contribution is 2.26. The Morgan fingerprint density at radius 1 is 0.957 bits per heavy atom. The first-order valence-corrected chi connectivity index (χ1v) is 8.43. The van der Waals surface area contributed by atoms with Crippen molar-refractivity contribution in [2.75, 3.05) is 0 Å². The van der Waals surface area contributed by atoms with Crippen molar-refractivity contribution in [3.8, 4) is 0 Å². The van der Waals surface area contributed by atoms with Gasteiger partial charge in [0.05, 0.1) is 6.10 Å². The Kier molecular flexibility index (Phi) is 6.86. The van der Waals surface area contributed by atoms with Crippen LogP contribution in [-0.4, -0.2) is 12.1 Å². The highest BCUT2D eigenvalue weighted by Gasteiger charge is 2.14. The van der Waals surface area contributed by atoms with Crippen molar-refractivity contribution in [3.05, 3.63) is 71.8 Å². The lowest BCUT2D eigenvalue weighted by Crippen LogP contribution is -2.12. The molecule has 0 fully saturated rings. The monoisotopic (exact) mass is 310 g/mol. The first-order valence-electron chi connectivity index (χ1n) is 8.43. The summed E-state index contributed by atoms with van der Waals surface area (Å²) in [4.78, 5) is 11.7. The molecule has 0 saturated heterocycles. The van der Waals surface area contributed by atoms with Gasteiger partial charge in [-0.1, -0.05) is 60.7 Å². The van der Waals surface area contributed by atoms with Crippen LogP contribution in [0.2, 0.25) is 0 Å². The summed E-state index contributed by atoms with van der Waals surface area (Å²) in [5.74, 6) is 0.344. The standard InChI is InChI=1S/C21H26O2/c1-17(2)23-21(22)15-9-14-20(19-12-7-4-8-13-19)16-18-10-5-3-6-11-18/h3-8,10-13,17,20H,9,14-16H2,1-2H3. The average Bonchev–Trinajstić information content (AvgIpc) is 2.55. The van der Waals surface area contributed by atoms with Gasteiger partial charge in [-0.2, -0.15) is 0 Å².